The number of phenolic OH excluding ortho intramolecular Hbond substituents is 3. The second-order valence-electron chi connectivity index (χ2n) is 14.9. The Morgan fingerprint density at radius 1 is 0.871 bits per heavy atom. The first kappa shape index (κ1) is 45.3. The number of carbonyl (C=O) groups is 6. The van der Waals surface area contributed by atoms with E-state index in [4.69, 9.17) is 28.8 Å². The number of aryl methyl sites for hydroxylation is 1. The van der Waals surface area contributed by atoms with Gasteiger partial charge in [0.1, 0.15) is 54.0 Å². The van der Waals surface area contributed by atoms with Crippen molar-refractivity contribution >= 4 is 35.4 Å². The first-order valence-electron chi connectivity index (χ1n) is 18.6. The van der Waals surface area contributed by atoms with Crippen LogP contribution < -0.4 is 10.1 Å². The van der Waals surface area contributed by atoms with Crippen LogP contribution in [0.4, 0.5) is 0 Å². The smallest absolute Gasteiger partial charge is 0.361 e. The molecule has 9 atom stereocenters. The topological polar surface area (TPSA) is 346 Å². The third-order valence-electron chi connectivity index (χ3n) is 10.8. The van der Waals surface area contributed by atoms with Crippen molar-refractivity contribution in [3.05, 3.63) is 68.8 Å². The standard InChI is InChI=1S/C40H42N2O20/c1-12-6-18-25(31(50)22(12)36(53)41-19(10-43)37(54)55)24-16(9-17-26(32(24)51)29(48)15-7-14(58-5)8-20(44)23(15)28(17)47)30(49)34(18)61-39-33(52)35(27(42(3)4)13(2)60-39)62-40(38(56)57)59-11-21(45)46/h6-9,13,19,27,30,33-35,39-40,43-44,49-52H,10-11H2,1-5H3,(H,41,53)(H,45,46)(H,54,55)(H,56,57)/t13?,19-,27+,30+,33-,34-,35?,39+,40?/m1/s1. The number of aliphatic carboxylic acids is 3. The van der Waals surface area contributed by atoms with Crippen molar-refractivity contribution in [3.63, 3.8) is 0 Å². The van der Waals surface area contributed by atoms with E-state index in [1.54, 1.807) is 14.1 Å². The van der Waals surface area contributed by atoms with E-state index in [0.717, 1.165) is 18.2 Å². The molecule has 332 valence electrons. The van der Waals surface area contributed by atoms with E-state index >= 15 is 0 Å². The number of fused-ring (bicyclic) bond motifs is 5. The van der Waals surface area contributed by atoms with E-state index in [9.17, 15) is 69.6 Å². The number of amides is 1. The number of phenols is 3. The number of carboxylic acids is 3. The van der Waals surface area contributed by atoms with E-state index in [0.29, 0.717) is 0 Å². The molecular formula is C40H42N2O20. The molecule has 6 rings (SSSR count). The van der Waals surface area contributed by atoms with Gasteiger partial charge < -0.3 is 79.9 Å². The van der Waals surface area contributed by atoms with Gasteiger partial charge in [-0.25, -0.2) is 14.4 Å². The Kier molecular flexibility index (Phi) is 12.6. The fraction of sp³-hybridized carbons (Fsp3) is 0.400. The molecule has 0 spiro atoms. The van der Waals surface area contributed by atoms with Crippen molar-refractivity contribution in [2.45, 2.75) is 69.0 Å². The molecule has 10 N–H and O–H groups in total. The normalized spacial score (nSPS) is 23.7. The van der Waals surface area contributed by atoms with Crippen LogP contribution in [0, 0.1) is 6.92 Å². The lowest BCUT2D eigenvalue weighted by atomic mass is 9.74. The summed E-state index contributed by atoms with van der Waals surface area (Å²) >= 11 is 0. The van der Waals surface area contributed by atoms with E-state index in [1.165, 1.54) is 31.9 Å². The zero-order valence-corrected chi connectivity index (χ0v) is 33.4. The fourth-order valence-corrected chi connectivity index (χ4v) is 8.08. The first-order valence-corrected chi connectivity index (χ1v) is 18.6. The number of aromatic hydroxyl groups is 3. The van der Waals surface area contributed by atoms with Gasteiger partial charge in [-0.15, -0.1) is 0 Å². The summed E-state index contributed by atoms with van der Waals surface area (Å²) in [5.41, 5.74) is -4.23. The lowest BCUT2D eigenvalue weighted by molar-refractivity contribution is -0.323. The van der Waals surface area contributed by atoms with Gasteiger partial charge in [0.2, 0.25) is 0 Å². The largest absolute Gasteiger partial charge is 0.507 e. The van der Waals surface area contributed by atoms with Crippen LogP contribution in [0.1, 0.15) is 78.0 Å². The molecule has 1 heterocycles. The summed E-state index contributed by atoms with van der Waals surface area (Å²) < 4.78 is 28.0. The third-order valence-corrected chi connectivity index (χ3v) is 10.8. The van der Waals surface area contributed by atoms with Crippen molar-refractivity contribution in [3.8, 4) is 34.1 Å². The van der Waals surface area contributed by atoms with Gasteiger partial charge in [-0.2, -0.15) is 0 Å². The van der Waals surface area contributed by atoms with Crippen LogP contribution in [0.3, 0.4) is 0 Å². The number of methoxy groups -OCH3 is 1. The molecule has 3 aliphatic rings. The summed E-state index contributed by atoms with van der Waals surface area (Å²) in [6, 6.07) is 1.64. The van der Waals surface area contributed by atoms with E-state index < -0.39 is 160 Å². The molecular weight excluding hydrogens is 828 g/mol. The van der Waals surface area contributed by atoms with Gasteiger partial charge in [0, 0.05) is 28.3 Å². The average Bonchev–Trinajstić information content (AvgIpc) is 3.19. The summed E-state index contributed by atoms with van der Waals surface area (Å²) in [6.07, 6.45) is -12.4. The Morgan fingerprint density at radius 2 is 1.50 bits per heavy atom. The minimum absolute atomic E-state index is 0.0207. The predicted octanol–water partition coefficient (Wildman–Crippen LogP) is -0.224. The number of hydrogen-bond acceptors (Lipinski definition) is 18. The minimum atomic E-state index is -2.22. The first-order chi connectivity index (χ1) is 29.1. The highest BCUT2D eigenvalue weighted by atomic mass is 16.7. The lowest BCUT2D eigenvalue weighted by Crippen LogP contribution is -2.64. The number of benzene rings is 3. The SMILES string of the molecule is COc1cc(O)c2c(c1)C(=O)c1c(cc3c(c1O)-c1c(cc(C)c(C(=O)N[C@H](CO)C(=O)O)c1O)[C@@H](O[C@@H]1OC(C)[C@H](N(C)C)C(OC(OCC(=O)O)C(=O)O)[C@H]1O)[C@H]3O)C2=O. The van der Waals surface area contributed by atoms with Gasteiger partial charge in [0.05, 0.1) is 42.6 Å². The quantitative estimate of drug-likeness (QED) is 0.0732. The van der Waals surface area contributed by atoms with E-state index in [1.807, 2.05) is 0 Å². The van der Waals surface area contributed by atoms with Gasteiger partial charge >= 0.3 is 17.9 Å². The molecule has 3 unspecified atom stereocenters. The van der Waals surface area contributed by atoms with Gasteiger partial charge in [0.25, 0.3) is 12.2 Å². The van der Waals surface area contributed by atoms with Crippen LogP contribution in [0.15, 0.2) is 24.3 Å². The number of aliphatic hydroxyl groups is 3. The van der Waals surface area contributed by atoms with Crippen LogP contribution in [0.25, 0.3) is 11.1 Å². The molecule has 0 aromatic heterocycles. The summed E-state index contributed by atoms with van der Waals surface area (Å²) in [4.78, 5) is 78.2. The summed E-state index contributed by atoms with van der Waals surface area (Å²) in [7, 11) is 4.34. The Morgan fingerprint density at radius 3 is 2.08 bits per heavy atom. The summed E-state index contributed by atoms with van der Waals surface area (Å²) in [5.74, 6) is -10.7. The molecule has 1 amide bonds. The summed E-state index contributed by atoms with van der Waals surface area (Å²) in [6.45, 7) is 0.664. The average molecular weight is 871 g/mol. The lowest BCUT2D eigenvalue weighted by Gasteiger charge is -2.47. The molecule has 1 aliphatic heterocycles. The molecule has 0 bridgehead atoms. The maximum absolute atomic E-state index is 14.1. The van der Waals surface area contributed by atoms with Crippen LogP contribution in [-0.2, 0) is 33.3 Å². The van der Waals surface area contributed by atoms with Crippen molar-refractivity contribution in [1.82, 2.24) is 10.2 Å². The van der Waals surface area contributed by atoms with Crippen molar-refractivity contribution in [1.29, 1.82) is 0 Å². The van der Waals surface area contributed by atoms with Crippen molar-refractivity contribution in [2.24, 2.45) is 0 Å². The molecule has 2 aliphatic carbocycles. The molecule has 1 fully saturated rings. The monoisotopic (exact) mass is 870 g/mol. The Hall–Kier alpha value is -6.24. The number of nitrogens with one attached hydrogen (secondary N) is 1. The number of ketones is 2. The zero-order valence-electron chi connectivity index (χ0n) is 33.4. The van der Waals surface area contributed by atoms with Gasteiger partial charge in [0.15, 0.2) is 23.9 Å². The molecule has 3 aromatic carbocycles. The molecule has 0 saturated carbocycles. The second-order valence-corrected chi connectivity index (χ2v) is 14.9. The third kappa shape index (κ3) is 7.77. The molecule has 1 saturated heterocycles. The highest BCUT2D eigenvalue weighted by Gasteiger charge is 2.51. The highest BCUT2D eigenvalue weighted by Crippen LogP contribution is 2.57. The molecule has 62 heavy (non-hydrogen) atoms. The number of carboxylic acid groups (broad SMARTS) is 3. The van der Waals surface area contributed by atoms with Crippen molar-refractivity contribution in [2.75, 3.05) is 34.4 Å². The van der Waals surface area contributed by atoms with E-state index in [2.05, 4.69) is 5.32 Å². The number of rotatable bonds is 14. The highest BCUT2D eigenvalue weighted by molar-refractivity contribution is 6.31. The molecule has 0 radical (unpaired) electrons. The maximum Gasteiger partial charge on any atom is 0.361 e. The number of ether oxygens (including phenoxy) is 5. The minimum Gasteiger partial charge on any atom is -0.507 e. The maximum atomic E-state index is 14.1. The van der Waals surface area contributed by atoms with Crippen LogP contribution >= 0.6 is 0 Å². The van der Waals surface area contributed by atoms with Gasteiger partial charge in [-0.05, 0) is 56.8 Å². The van der Waals surface area contributed by atoms with E-state index in [-0.39, 0.29) is 22.4 Å². The van der Waals surface area contributed by atoms with Gasteiger partial charge in [-0.1, -0.05) is 6.07 Å². The van der Waals surface area contributed by atoms with Crippen LogP contribution in [0.2, 0.25) is 0 Å². The predicted molar refractivity (Wildman–Crippen MR) is 204 cm³/mol. The number of carbonyl (C=O) groups excluding carboxylic acids is 3. The molecule has 3 aromatic rings. The summed E-state index contributed by atoms with van der Waals surface area (Å²) in [5, 5.41) is 98.8. The Balaban J connectivity index is 1.53. The van der Waals surface area contributed by atoms with Crippen LogP contribution in [-0.4, -0.2) is 164 Å². The Bertz CT molecular complexity index is 2380. The molecule has 22 nitrogen and oxygen atoms in total. The molecule has 22 heteroatoms. The number of likely N-dealkylation sites (N-methyl/N-ethyl adjacent to an activating group) is 1. The zero-order chi connectivity index (χ0) is 45.8. The Labute approximate surface area is 350 Å². The number of aliphatic hydroxyl groups excluding tert-OH is 3. The second kappa shape index (κ2) is 17.3. The number of nitrogens with zero attached hydrogens (tertiary/aromatic N) is 1. The number of hydrogen-bond donors (Lipinski definition) is 10. The van der Waals surface area contributed by atoms with Crippen molar-refractivity contribution < 1.29 is 98.4 Å². The van der Waals surface area contributed by atoms with Crippen LogP contribution in [0.5, 0.6) is 23.0 Å². The fourth-order valence-electron chi connectivity index (χ4n) is 8.08. The van der Waals surface area contributed by atoms with Gasteiger partial charge in [-0.3, -0.25) is 14.4 Å².